The van der Waals surface area contributed by atoms with Gasteiger partial charge in [0.05, 0.1) is 22.6 Å². The second-order valence-corrected chi connectivity index (χ2v) is 6.95. The number of aromatic nitrogens is 5. The van der Waals surface area contributed by atoms with Crippen LogP contribution < -0.4 is 5.73 Å². The first-order valence-corrected chi connectivity index (χ1v) is 9.19. The summed E-state index contributed by atoms with van der Waals surface area (Å²) in [5, 5.41) is 5.37. The van der Waals surface area contributed by atoms with E-state index in [1.807, 2.05) is 31.3 Å². The SMILES string of the molecule is Cn1nc(-c2cnc(N)nc2)cc1-c1ccc2[nH]c(-c3c(F)cccc3F)cc2c1. The van der Waals surface area contributed by atoms with Gasteiger partial charge in [0.1, 0.15) is 11.6 Å². The van der Waals surface area contributed by atoms with E-state index in [0.717, 1.165) is 33.4 Å². The fourth-order valence-corrected chi connectivity index (χ4v) is 3.53. The van der Waals surface area contributed by atoms with E-state index in [-0.39, 0.29) is 11.5 Å². The molecule has 0 fully saturated rings. The van der Waals surface area contributed by atoms with Gasteiger partial charge in [-0.2, -0.15) is 5.10 Å². The number of hydrogen-bond donors (Lipinski definition) is 2. The molecule has 0 amide bonds. The number of benzene rings is 2. The highest BCUT2D eigenvalue weighted by Gasteiger charge is 2.15. The number of halogens is 2. The van der Waals surface area contributed by atoms with Crippen molar-refractivity contribution in [2.75, 3.05) is 5.73 Å². The molecule has 6 nitrogen and oxygen atoms in total. The van der Waals surface area contributed by atoms with Crippen molar-refractivity contribution in [1.29, 1.82) is 0 Å². The summed E-state index contributed by atoms with van der Waals surface area (Å²) < 4.78 is 30.1. The summed E-state index contributed by atoms with van der Waals surface area (Å²) in [6, 6.07) is 13.3. The number of H-pyrrole nitrogens is 1. The molecule has 0 saturated heterocycles. The third-order valence-electron chi connectivity index (χ3n) is 5.00. The number of nitrogens with zero attached hydrogens (tertiary/aromatic N) is 4. The van der Waals surface area contributed by atoms with Gasteiger partial charge in [-0.3, -0.25) is 4.68 Å². The van der Waals surface area contributed by atoms with Gasteiger partial charge in [-0.15, -0.1) is 0 Å². The highest BCUT2D eigenvalue weighted by molar-refractivity contribution is 5.89. The van der Waals surface area contributed by atoms with Crippen molar-refractivity contribution in [1.82, 2.24) is 24.7 Å². The van der Waals surface area contributed by atoms with Gasteiger partial charge in [0, 0.05) is 41.5 Å². The Morgan fingerprint density at radius 1 is 0.933 bits per heavy atom. The van der Waals surface area contributed by atoms with Crippen molar-refractivity contribution in [3.63, 3.8) is 0 Å². The third-order valence-corrected chi connectivity index (χ3v) is 5.00. The number of rotatable bonds is 3. The molecule has 3 N–H and O–H groups in total. The Kier molecular flexibility index (Phi) is 4.06. The summed E-state index contributed by atoms with van der Waals surface area (Å²) in [6.07, 6.45) is 3.25. The fourth-order valence-electron chi connectivity index (χ4n) is 3.53. The molecule has 5 rings (SSSR count). The zero-order chi connectivity index (χ0) is 20.8. The molecule has 0 bridgehead atoms. The minimum Gasteiger partial charge on any atom is -0.368 e. The zero-order valence-electron chi connectivity index (χ0n) is 15.9. The minimum atomic E-state index is -0.608. The minimum absolute atomic E-state index is 0.0681. The van der Waals surface area contributed by atoms with E-state index in [2.05, 4.69) is 20.1 Å². The lowest BCUT2D eigenvalue weighted by Crippen LogP contribution is -1.95. The molecule has 148 valence electrons. The van der Waals surface area contributed by atoms with Crippen LogP contribution in [0.2, 0.25) is 0 Å². The number of aromatic amines is 1. The monoisotopic (exact) mass is 402 g/mol. The summed E-state index contributed by atoms with van der Waals surface area (Å²) in [6.45, 7) is 0. The number of aryl methyl sites for hydroxylation is 1. The second-order valence-electron chi connectivity index (χ2n) is 6.95. The number of hydrogen-bond acceptors (Lipinski definition) is 4. The number of nitrogen functional groups attached to an aromatic ring is 1. The van der Waals surface area contributed by atoms with Crippen LogP contribution in [0, 0.1) is 11.6 Å². The van der Waals surface area contributed by atoms with Crippen molar-refractivity contribution in [3.8, 4) is 33.8 Å². The summed E-state index contributed by atoms with van der Waals surface area (Å²) in [5.41, 5.74) is 9.92. The molecular weight excluding hydrogens is 386 g/mol. The standard InChI is InChI=1S/C22H16F2N6/c1-30-20(9-18(29-30)14-10-26-22(25)27-11-14)12-5-6-17-13(7-12)8-19(28-17)21-15(23)3-2-4-16(21)24/h2-11,28H,1H3,(H2,25,26,27). The van der Waals surface area contributed by atoms with Crippen molar-refractivity contribution >= 4 is 16.9 Å². The van der Waals surface area contributed by atoms with Crippen LogP contribution in [0.3, 0.4) is 0 Å². The Labute approximate surface area is 170 Å². The van der Waals surface area contributed by atoms with Gasteiger partial charge >= 0.3 is 0 Å². The normalized spacial score (nSPS) is 11.3. The van der Waals surface area contributed by atoms with E-state index in [1.54, 1.807) is 23.1 Å². The zero-order valence-corrected chi connectivity index (χ0v) is 15.9. The molecule has 30 heavy (non-hydrogen) atoms. The predicted octanol–water partition coefficient (Wildman–Crippen LogP) is 4.55. The molecule has 3 aromatic heterocycles. The van der Waals surface area contributed by atoms with Crippen LogP contribution in [0.5, 0.6) is 0 Å². The quantitative estimate of drug-likeness (QED) is 0.464. The maximum atomic E-state index is 14.2. The molecule has 0 unspecified atom stereocenters. The van der Waals surface area contributed by atoms with E-state index in [9.17, 15) is 8.78 Å². The second kappa shape index (κ2) is 6.77. The van der Waals surface area contributed by atoms with Crippen molar-refractivity contribution in [2.24, 2.45) is 7.05 Å². The average Bonchev–Trinajstić information content (AvgIpc) is 3.31. The number of anilines is 1. The van der Waals surface area contributed by atoms with E-state index in [1.165, 1.54) is 18.2 Å². The van der Waals surface area contributed by atoms with Gasteiger partial charge < -0.3 is 10.7 Å². The van der Waals surface area contributed by atoms with E-state index < -0.39 is 11.6 Å². The van der Waals surface area contributed by atoms with Gasteiger partial charge in [0.25, 0.3) is 0 Å². The molecular formula is C22H16F2N6. The van der Waals surface area contributed by atoms with E-state index >= 15 is 0 Å². The summed E-state index contributed by atoms with van der Waals surface area (Å²) >= 11 is 0. The molecule has 0 aliphatic carbocycles. The van der Waals surface area contributed by atoms with Crippen LogP contribution in [0.25, 0.3) is 44.7 Å². The van der Waals surface area contributed by atoms with Gasteiger partial charge in [-0.05, 0) is 36.4 Å². The first-order chi connectivity index (χ1) is 14.5. The first kappa shape index (κ1) is 18.0. The molecule has 0 saturated carbocycles. The largest absolute Gasteiger partial charge is 0.368 e. The summed E-state index contributed by atoms with van der Waals surface area (Å²) in [5.74, 6) is -1.01. The lowest BCUT2D eigenvalue weighted by Gasteiger charge is -2.01. The van der Waals surface area contributed by atoms with Crippen LogP contribution in [0.15, 0.2) is 60.9 Å². The van der Waals surface area contributed by atoms with Gasteiger partial charge in [0.15, 0.2) is 0 Å². The van der Waals surface area contributed by atoms with Crippen LogP contribution in [0.1, 0.15) is 0 Å². The van der Waals surface area contributed by atoms with Gasteiger partial charge in [-0.1, -0.05) is 12.1 Å². The van der Waals surface area contributed by atoms with E-state index in [0.29, 0.717) is 5.69 Å². The average molecular weight is 402 g/mol. The fraction of sp³-hybridized carbons (Fsp3) is 0.0455. The maximum Gasteiger partial charge on any atom is 0.219 e. The first-order valence-electron chi connectivity index (χ1n) is 9.19. The molecule has 0 spiro atoms. The molecule has 8 heteroatoms. The highest BCUT2D eigenvalue weighted by Crippen LogP contribution is 2.32. The lowest BCUT2D eigenvalue weighted by molar-refractivity contribution is 0.589. The topological polar surface area (TPSA) is 85.4 Å². The Morgan fingerprint density at radius 3 is 2.40 bits per heavy atom. The van der Waals surface area contributed by atoms with Crippen LogP contribution in [-0.2, 0) is 7.05 Å². The molecule has 0 radical (unpaired) electrons. The third kappa shape index (κ3) is 2.98. The lowest BCUT2D eigenvalue weighted by atomic mass is 10.1. The number of nitrogens with two attached hydrogens (primary N) is 1. The Balaban J connectivity index is 1.57. The molecule has 5 aromatic rings. The van der Waals surface area contributed by atoms with Gasteiger partial charge in [0.2, 0.25) is 5.95 Å². The predicted molar refractivity (Wildman–Crippen MR) is 111 cm³/mol. The van der Waals surface area contributed by atoms with Crippen molar-refractivity contribution in [2.45, 2.75) is 0 Å². The molecule has 0 atom stereocenters. The van der Waals surface area contributed by atoms with Crippen LogP contribution >= 0.6 is 0 Å². The van der Waals surface area contributed by atoms with Crippen LogP contribution in [-0.4, -0.2) is 24.7 Å². The highest BCUT2D eigenvalue weighted by atomic mass is 19.1. The van der Waals surface area contributed by atoms with E-state index in [4.69, 9.17) is 5.73 Å². The van der Waals surface area contributed by atoms with Crippen molar-refractivity contribution in [3.05, 3.63) is 72.6 Å². The van der Waals surface area contributed by atoms with Crippen molar-refractivity contribution < 1.29 is 8.78 Å². The Morgan fingerprint density at radius 2 is 1.67 bits per heavy atom. The Hall–Kier alpha value is -4.07. The van der Waals surface area contributed by atoms with Gasteiger partial charge in [-0.25, -0.2) is 18.7 Å². The maximum absolute atomic E-state index is 14.2. The molecule has 2 aromatic carbocycles. The number of fused-ring (bicyclic) bond motifs is 1. The molecule has 0 aliphatic heterocycles. The summed E-state index contributed by atoms with van der Waals surface area (Å²) in [7, 11) is 1.85. The number of nitrogens with one attached hydrogen (secondary N) is 1. The molecule has 3 heterocycles. The summed E-state index contributed by atoms with van der Waals surface area (Å²) in [4.78, 5) is 11.1. The smallest absolute Gasteiger partial charge is 0.219 e. The molecule has 0 aliphatic rings. The van der Waals surface area contributed by atoms with Crippen LogP contribution in [0.4, 0.5) is 14.7 Å². The Bertz CT molecular complexity index is 1360.